The maximum atomic E-state index is 12.9. The standard InChI is InChI=1S/C12H12FNO3/c1-3-9(12(15)4-2)10-6-5-8(13)7-11(10)14(16)17/h3,5-7,9H,1,4H2,2H3. The molecule has 0 radical (unpaired) electrons. The van der Waals surface area contributed by atoms with Gasteiger partial charge in [0.25, 0.3) is 5.69 Å². The van der Waals surface area contributed by atoms with E-state index in [1.165, 1.54) is 12.1 Å². The summed E-state index contributed by atoms with van der Waals surface area (Å²) < 4.78 is 12.9. The van der Waals surface area contributed by atoms with Crippen LogP contribution < -0.4 is 0 Å². The molecule has 0 amide bonds. The van der Waals surface area contributed by atoms with Crippen molar-refractivity contribution >= 4 is 11.5 Å². The Morgan fingerprint density at radius 3 is 2.76 bits per heavy atom. The average molecular weight is 237 g/mol. The van der Waals surface area contributed by atoms with Crippen LogP contribution >= 0.6 is 0 Å². The smallest absolute Gasteiger partial charge is 0.276 e. The molecule has 0 aliphatic heterocycles. The van der Waals surface area contributed by atoms with Crippen LogP contribution in [0.15, 0.2) is 30.9 Å². The molecule has 0 saturated heterocycles. The van der Waals surface area contributed by atoms with Gasteiger partial charge >= 0.3 is 0 Å². The number of nitrogens with zero attached hydrogens (tertiary/aromatic N) is 1. The first-order valence-electron chi connectivity index (χ1n) is 5.10. The fourth-order valence-electron chi connectivity index (χ4n) is 1.59. The molecule has 1 rings (SSSR count). The van der Waals surface area contributed by atoms with Gasteiger partial charge in [-0.15, -0.1) is 6.58 Å². The molecule has 0 saturated carbocycles. The number of hydrogen-bond acceptors (Lipinski definition) is 3. The minimum Gasteiger partial charge on any atom is -0.299 e. The lowest BCUT2D eigenvalue weighted by Crippen LogP contribution is -2.11. The van der Waals surface area contributed by atoms with Crippen LogP contribution in [0.4, 0.5) is 10.1 Å². The molecule has 0 spiro atoms. The highest BCUT2D eigenvalue weighted by atomic mass is 19.1. The molecule has 0 aromatic heterocycles. The van der Waals surface area contributed by atoms with Crippen LogP contribution in [-0.2, 0) is 4.79 Å². The largest absolute Gasteiger partial charge is 0.299 e. The Bertz CT molecular complexity index is 471. The number of hydrogen-bond donors (Lipinski definition) is 0. The monoisotopic (exact) mass is 237 g/mol. The van der Waals surface area contributed by atoms with E-state index in [1.807, 2.05) is 0 Å². The van der Waals surface area contributed by atoms with E-state index < -0.39 is 22.3 Å². The SMILES string of the molecule is C=CC(C(=O)CC)c1ccc(F)cc1[N+](=O)[O-]. The molecule has 0 N–H and O–H groups in total. The number of carbonyl (C=O) groups excluding carboxylic acids is 1. The van der Waals surface area contributed by atoms with E-state index in [9.17, 15) is 19.3 Å². The molecule has 17 heavy (non-hydrogen) atoms. The number of allylic oxidation sites excluding steroid dienone is 1. The normalized spacial score (nSPS) is 11.9. The second-order valence-corrected chi connectivity index (χ2v) is 3.49. The molecule has 1 unspecified atom stereocenters. The van der Waals surface area contributed by atoms with Gasteiger partial charge < -0.3 is 0 Å². The first-order valence-corrected chi connectivity index (χ1v) is 5.10. The van der Waals surface area contributed by atoms with Gasteiger partial charge in [-0.25, -0.2) is 4.39 Å². The molecule has 0 heterocycles. The Morgan fingerprint density at radius 2 is 2.29 bits per heavy atom. The van der Waals surface area contributed by atoms with E-state index in [4.69, 9.17) is 0 Å². The lowest BCUT2D eigenvalue weighted by molar-refractivity contribution is -0.385. The zero-order chi connectivity index (χ0) is 13.0. The average Bonchev–Trinajstić information content (AvgIpc) is 2.31. The van der Waals surface area contributed by atoms with Crippen molar-refractivity contribution in [3.8, 4) is 0 Å². The Hall–Kier alpha value is -2.04. The van der Waals surface area contributed by atoms with Gasteiger partial charge in [0.2, 0.25) is 0 Å². The third-order valence-electron chi connectivity index (χ3n) is 2.46. The molecule has 90 valence electrons. The fourth-order valence-corrected chi connectivity index (χ4v) is 1.59. The van der Waals surface area contributed by atoms with Crippen molar-refractivity contribution < 1.29 is 14.1 Å². The molecule has 1 aromatic rings. The molecule has 0 fully saturated rings. The summed E-state index contributed by atoms with van der Waals surface area (Å²) in [6.07, 6.45) is 1.58. The molecule has 5 heteroatoms. The topological polar surface area (TPSA) is 60.2 Å². The van der Waals surface area contributed by atoms with Crippen molar-refractivity contribution in [1.29, 1.82) is 0 Å². The van der Waals surface area contributed by atoms with Crippen LogP contribution in [0.25, 0.3) is 0 Å². The highest BCUT2D eigenvalue weighted by molar-refractivity contribution is 5.88. The van der Waals surface area contributed by atoms with Gasteiger partial charge in [-0.1, -0.05) is 13.0 Å². The van der Waals surface area contributed by atoms with Crippen molar-refractivity contribution in [3.63, 3.8) is 0 Å². The van der Waals surface area contributed by atoms with Crippen LogP contribution in [0, 0.1) is 15.9 Å². The van der Waals surface area contributed by atoms with Gasteiger partial charge in [-0.3, -0.25) is 14.9 Å². The van der Waals surface area contributed by atoms with E-state index in [-0.39, 0.29) is 17.8 Å². The molecule has 4 nitrogen and oxygen atoms in total. The molecule has 0 bridgehead atoms. The predicted molar refractivity (Wildman–Crippen MR) is 61.3 cm³/mol. The first kappa shape index (κ1) is 13.0. The first-order chi connectivity index (χ1) is 8.01. The number of benzene rings is 1. The quantitative estimate of drug-likeness (QED) is 0.449. The van der Waals surface area contributed by atoms with Crippen LogP contribution in [0.3, 0.4) is 0 Å². The van der Waals surface area contributed by atoms with E-state index in [2.05, 4.69) is 6.58 Å². The molecule has 0 aliphatic rings. The molecular weight excluding hydrogens is 225 g/mol. The second kappa shape index (κ2) is 5.34. The summed E-state index contributed by atoms with van der Waals surface area (Å²) in [6, 6.07) is 3.17. The predicted octanol–water partition coefficient (Wildman–Crippen LogP) is 2.98. The number of nitro benzene ring substituents is 1. The van der Waals surface area contributed by atoms with Crippen molar-refractivity contribution in [2.45, 2.75) is 19.3 Å². The van der Waals surface area contributed by atoms with E-state index >= 15 is 0 Å². The molecule has 1 atom stereocenters. The lowest BCUT2D eigenvalue weighted by Gasteiger charge is -2.10. The Balaban J connectivity index is 3.33. The van der Waals surface area contributed by atoms with Gasteiger partial charge in [0.05, 0.1) is 16.9 Å². The van der Waals surface area contributed by atoms with E-state index in [0.29, 0.717) is 0 Å². The minimum atomic E-state index is -0.763. The molecule has 1 aromatic carbocycles. The summed E-state index contributed by atoms with van der Waals surface area (Å²) in [5.41, 5.74) is -0.213. The van der Waals surface area contributed by atoms with Crippen molar-refractivity contribution in [2.24, 2.45) is 0 Å². The Kier molecular flexibility index (Phi) is 4.09. The van der Waals surface area contributed by atoms with Crippen LogP contribution in [0.2, 0.25) is 0 Å². The van der Waals surface area contributed by atoms with E-state index in [1.54, 1.807) is 6.92 Å². The highest BCUT2D eigenvalue weighted by Gasteiger charge is 2.24. The minimum absolute atomic E-state index is 0.179. The summed E-state index contributed by atoms with van der Waals surface area (Å²) in [5.74, 6) is -1.65. The molecular formula is C12H12FNO3. The maximum Gasteiger partial charge on any atom is 0.276 e. The number of carbonyl (C=O) groups is 1. The number of nitro groups is 1. The lowest BCUT2D eigenvalue weighted by atomic mass is 9.92. The second-order valence-electron chi connectivity index (χ2n) is 3.49. The van der Waals surface area contributed by atoms with E-state index in [0.717, 1.165) is 12.1 Å². The van der Waals surface area contributed by atoms with Crippen molar-refractivity contribution in [2.75, 3.05) is 0 Å². The highest BCUT2D eigenvalue weighted by Crippen LogP contribution is 2.29. The van der Waals surface area contributed by atoms with Gasteiger partial charge in [-0.2, -0.15) is 0 Å². The van der Waals surface area contributed by atoms with Gasteiger partial charge in [-0.05, 0) is 12.1 Å². The van der Waals surface area contributed by atoms with Crippen LogP contribution in [0.5, 0.6) is 0 Å². The summed E-state index contributed by atoms with van der Waals surface area (Å²) in [5, 5.41) is 10.8. The summed E-state index contributed by atoms with van der Waals surface area (Å²) in [7, 11) is 0. The number of Topliss-reactive ketones (excluding diaryl/α,β-unsaturated/α-hetero) is 1. The fraction of sp³-hybridized carbons (Fsp3) is 0.250. The third-order valence-corrected chi connectivity index (χ3v) is 2.46. The summed E-state index contributed by atoms with van der Waals surface area (Å²) in [6.45, 7) is 5.15. The third kappa shape index (κ3) is 2.75. The number of rotatable bonds is 5. The van der Waals surface area contributed by atoms with Crippen LogP contribution in [0.1, 0.15) is 24.8 Å². The summed E-state index contributed by atoms with van der Waals surface area (Å²) in [4.78, 5) is 21.7. The zero-order valence-electron chi connectivity index (χ0n) is 9.35. The van der Waals surface area contributed by atoms with Gasteiger partial charge in [0.15, 0.2) is 0 Å². The number of halogens is 1. The maximum absolute atomic E-state index is 12.9. The van der Waals surface area contributed by atoms with Crippen LogP contribution in [-0.4, -0.2) is 10.7 Å². The van der Waals surface area contributed by atoms with Crippen molar-refractivity contribution in [1.82, 2.24) is 0 Å². The Labute approximate surface area is 97.9 Å². The van der Waals surface area contributed by atoms with Gasteiger partial charge in [0.1, 0.15) is 11.6 Å². The molecule has 0 aliphatic carbocycles. The van der Waals surface area contributed by atoms with Gasteiger partial charge in [0, 0.05) is 12.0 Å². The summed E-state index contributed by atoms with van der Waals surface area (Å²) >= 11 is 0. The number of ketones is 1. The van der Waals surface area contributed by atoms with Crippen molar-refractivity contribution in [3.05, 3.63) is 52.3 Å². The zero-order valence-corrected chi connectivity index (χ0v) is 9.35. The Morgan fingerprint density at radius 1 is 1.65 bits per heavy atom.